The van der Waals surface area contributed by atoms with Gasteiger partial charge in [-0.1, -0.05) is 42.1 Å². The van der Waals surface area contributed by atoms with Crippen molar-refractivity contribution in [3.63, 3.8) is 0 Å². The van der Waals surface area contributed by atoms with Gasteiger partial charge in [-0.15, -0.1) is 11.3 Å². The van der Waals surface area contributed by atoms with Gasteiger partial charge in [-0.2, -0.15) is 0 Å². The van der Waals surface area contributed by atoms with Crippen molar-refractivity contribution in [2.45, 2.75) is 23.8 Å². The van der Waals surface area contributed by atoms with E-state index in [0.29, 0.717) is 11.4 Å². The van der Waals surface area contributed by atoms with E-state index in [9.17, 15) is 9.59 Å². The van der Waals surface area contributed by atoms with Crippen molar-refractivity contribution >= 4 is 50.9 Å². The number of hydrogen-bond donors (Lipinski definition) is 1. The standard InChI is InChI=1S/C19H18N2O3S2/c1-13(18(23)20-14-7-3-2-4-8-14)24-17(22)11-12-25-19-21-15-9-5-6-10-16(15)26-19/h2-10,13H,11-12H2,1H3,(H,20,23)/t13-/m0/s1. The van der Waals surface area contributed by atoms with E-state index in [1.807, 2.05) is 42.5 Å². The smallest absolute Gasteiger partial charge is 0.307 e. The number of anilines is 1. The molecule has 2 aromatic carbocycles. The van der Waals surface area contributed by atoms with Gasteiger partial charge in [0.2, 0.25) is 0 Å². The highest BCUT2D eigenvalue weighted by Gasteiger charge is 2.18. The second-order valence-corrected chi connectivity index (χ2v) is 7.91. The number of thioether (sulfide) groups is 1. The summed E-state index contributed by atoms with van der Waals surface area (Å²) in [5.41, 5.74) is 1.64. The summed E-state index contributed by atoms with van der Waals surface area (Å²) in [7, 11) is 0. The van der Waals surface area contributed by atoms with Crippen LogP contribution in [0.4, 0.5) is 5.69 Å². The van der Waals surface area contributed by atoms with E-state index in [2.05, 4.69) is 10.3 Å². The fraction of sp³-hybridized carbons (Fsp3) is 0.211. The molecule has 1 heterocycles. The number of amides is 1. The molecule has 0 aliphatic rings. The second-order valence-electron chi connectivity index (χ2n) is 5.53. The molecule has 7 heteroatoms. The summed E-state index contributed by atoms with van der Waals surface area (Å²) in [5, 5.41) is 2.71. The molecule has 26 heavy (non-hydrogen) atoms. The van der Waals surface area contributed by atoms with Crippen molar-refractivity contribution in [2.24, 2.45) is 0 Å². The van der Waals surface area contributed by atoms with Gasteiger partial charge in [0, 0.05) is 11.4 Å². The van der Waals surface area contributed by atoms with Gasteiger partial charge in [0.1, 0.15) is 0 Å². The molecule has 0 unspecified atom stereocenters. The van der Waals surface area contributed by atoms with E-state index in [1.54, 1.807) is 30.4 Å². The maximum absolute atomic E-state index is 12.0. The second kappa shape index (κ2) is 8.82. The summed E-state index contributed by atoms with van der Waals surface area (Å²) in [5.74, 6) is -0.177. The van der Waals surface area contributed by atoms with Crippen LogP contribution in [0.1, 0.15) is 13.3 Å². The van der Waals surface area contributed by atoms with Crippen LogP contribution in [0, 0.1) is 0 Å². The summed E-state index contributed by atoms with van der Waals surface area (Å²) in [6.07, 6.45) is -0.612. The van der Waals surface area contributed by atoms with E-state index in [4.69, 9.17) is 4.74 Å². The lowest BCUT2D eigenvalue weighted by atomic mass is 10.3. The molecule has 0 saturated carbocycles. The zero-order chi connectivity index (χ0) is 18.4. The number of esters is 1. The molecular weight excluding hydrogens is 368 g/mol. The van der Waals surface area contributed by atoms with Crippen LogP contribution in [0.25, 0.3) is 10.2 Å². The van der Waals surface area contributed by atoms with E-state index in [1.165, 1.54) is 11.8 Å². The number of carbonyl (C=O) groups is 2. The minimum absolute atomic E-state index is 0.226. The first-order chi connectivity index (χ1) is 12.6. The first-order valence-electron chi connectivity index (χ1n) is 8.15. The highest BCUT2D eigenvalue weighted by molar-refractivity contribution is 8.01. The fourth-order valence-electron chi connectivity index (χ4n) is 2.21. The Morgan fingerprint density at radius 2 is 1.88 bits per heavy atom. The van der Waals surface area contributed by atoms with Gasteiger partial charge >= 0.3 is 5.97 Å². The molecule has 134 valence electrons. The average Bonchev–Trinajstić information content (AvgIpc) is 3.05. The molecule has 0 fully saturated rings. The summed E-state index contributed by atoms with van der Waals surface area (Å²) in [6, 6.07) is 17.0. The number of para-hydroxylation sites is 2. The number of hydrogen-bond acceptors (Lipinski definition) is 6. The minimum atomic E-state index is -0.838. The normalized spacial score (nSPS) is 11.9. The number of aromatic nitrogens is 1. The SMILES string of the molecule is C[C@H](OC(=O)CCSc1nc2ccccc2s1)C(=O)Nc1ccccc1. The van der Waals surface area contributed by atoms with Crippen LogP contribution in [0.15, 0.2) is 58.9 Å². The van der Waals surface area contributed by atoms with E-state index < -0.39 is 12.1 Å². The van der Waals surface area contributed by atoms with Crippen LogP contribution < -0.4 is 5.32 Å². The Morgan fingerprint density at radius 1 is 1.15 bits per heavy atom. The van der Waals surface area contributed by atoms with Crippen LogP contribution in [0.3, 0.4) is 0 Å². The Bertz CT molecular complexity index is 863. The highest BCUT2D eigenvalue weighted by Crippen LogP contribution is 2.29. The quantitative estimate of drug-likeness (QED) is 0.483. The van der Waals surface area contributed by atoms with Gasteiger partial charge in [0.15, 0.2) is 10.4 Å². The monoisotopic (exact) mass is 386 g/mol. The molecule has 3 rings (SSSR count). The van der Waals surface area contributed by atoms with E-state index in [-0.39, 0.29) is 12.3 Å². The third-order valence-electron chi connectivity index (χ3n) is 3.52. The number of benzene rings is 2. The molecule has 0 spiro atoms. The van der Waals surface area contributed by atoms with Crippen molar-refractivity contribution in [1.82, 2.24) is 4.98 Å². The number of ether oxygens (including phenoxy) is 1. The van der Waals surface area contributed by atoms with Crippen LogP contribution >= 0.6 is 23.1 Å². The Balaban J connectivity index is 1.42. The molecule has 0 saturated heterocycles. The summed E-state index contributed by atoms with van der Waals surface area (Å²) in [6.45, 7) is 1.57. The largest absolute Gasteiger partial charge is 0.453 e. The van der Waals surface area contributed by atoms with Crippen LogP contribution in [-0.4, -0.2) is 28.7 Å². The lowest BCUT2D eigenvalue weighted by molar-refractivity contribution is -0.152. The lowest BCUT2D eigenvalue weighted by Crippen LogP contribution is -2.30. The molecule has 1 atom stereocenters. The number of nitrogens with zero attached hydrogens (tertiary/aromatic N) is 1. The van der Waals surface area contributed by atoms with Crippen LogP contribution in [0.2, 0.25) is 0 Å². The highest BCUT2D eigenvalue weighted by atomic mass is 32.2. The summed E-state index contributed by atoms with van der Waals surface area (Å²) in [4.78, 5) is 28.5. The third kappa shape index (κ3) is 5.06. The molecule has 0 radical (unpaired) electrons. The topological polar surface area (TPSA) is 68.3 Å². The number of rotatable bonds is 7. The van der Waals surface area contributed by atoms with Crippen LogP contribution in [-0.2, 0) is 14.3 Å². The van der Waals surface area contributed by atoms with Crippen molar-refractivity contribution < 1.29 is 14.3 Å². The Labute approximate surface area is 159 Å². The first-order valence-corrected chi connectivity index (χ1v) is 9.96. The average molecular weight is 386 g/mol. The summed E-state index contributed by atoms with van der Waals surface area (Å²) >= 11 is 3.12. The molecule has 5 nitrogen and oxygen atoms in total. The van der Waals surface area contributed by atoms with E-state index >= 15 is 0 Å². The maximum atomic E-state index is 12.0. The van der Waals surface area contributed by atoms with Gasteiger partial charge in [0.25, 0.3) is 5.91 Å². The Kier molecular flexibility index (Phi) is 6.25. The third-order valence-corrected chi connectivity index (χ3v) is 5.71. The van der Waals surface area contributed by atoms with Crippen molar-refractivity contribution in [3.05, 3.63) is 54.6 Å². The van der Waals surface area contributed by atoms with E-state index in [0.717, 1.165) is 14.6 Å². The Hall–Kier alpha value is -2.38. The van der Waals surface area contributed by atoms with Gasteiger partial charge in [0.05, 0.1) is 16.6 Å². The van der Waals surface area contributed by atoms with Gasteiger partial charge in [-0.3, -0.25) is 9.59 Å². The Morgan fingerprint density at radius 3 is 2.65 bits per heavy atom. The van der Waals surface area contributed by atoms with Crippen molar-refractivity contribution in [3.8, 4) is 0 Å². The maximum Gasteiger partial charge on any atom is 0.307 e. The zero-order valence-corrected chi connectivity index (χ0v) is 15.8. The number of carbonyl (C=O) groups excluding carboxylic acids is 2. The molecular formula is C19H18N2O3S2. The molecule has 0 bridgehead atoms. The predicted molar refractivity (Wildman–Crippen MR) is 106 cm³/mol. The molecule has 1 N–H and O–H groups in total. The molecule has 1 amide bonds. The van der Waals surface area contributed by atoms with Crippen molar-refractivity contribution in [2.75, 3.05) is 11.1 Å². The molecule has 1 aromatic heterocycles. The van der Waals surface area contributed by atoms with Crippen LogP contribution in [0.5, 0.6) is 0 Å². The number of thiazole rings is 1. The zero-order valence-electron chi connectivity index (χ0n) is 14.2. The minimum Gasteiger partial charge on any atom is -0.453 e. The van der Waals surface area contributed by atoms with Crippen molar-refractivity contribution in [1.29, 1.82) is 0 Å². The van der Waals surface area contributed by atoms with Gasteiger partial charge < -0.3 is 10.1 Å². The number of nitrogens with one attached hydrogen (secondary N) is 1. The molecule has 3 aromatic rings. The molecule has 0 aliphatic carbocycles. The lowest BCUT2D eigenvalue weighted by Gasteiger charge is -2.13. The predicted octanol–water partition coefficient (Wildman–Crippen LogP) is 4.35. The number of fused-ring (bicyclic) bond motifs is 1. The summed E-state index contributed by atoms with van der Waals surface area (Å²) < 4.78 is 7.25. The fourth-order valence-corrected chi connectivity index (χ4v) is 4.27. The van der Waals surface area contributed by atoms with Gasteiger partial charge in [-0.25, -0.2) is 4.98 Å². The molecule has 0 aliphatic heterocycles. The van der Waals surface area contributed by atoms with Gasteiger partial charge in [-0.05, 0) is 31.2 Å². The first kappa shape index (κ1) is 18.4.